The molecule has 6 nitrogen and oxygen atoms in total. The van der Waals surface area contributed by atoms with Gasteiger partial charge in [0.1, 0.15) is 4.32 Å². The predicted octanol–water partition coefficient (Wildman–Crippen LogP) is 2.21. The quantitative estimate of drug-likeness (QED) is 0.359. The zero-order chi connectivity index (χ0) is 18.9. The lowest BCUT2D eigenvalue weighted by atomic mass is 10.1. The van der Waals surface area contributed by atoms with Gasteiger partial charge in [-0.1, -0.05) is 36.1 Å². The predicted molar refractivity (Wildman–Crippen MR) is 108 cm³/mol. The highest BCUT2D eigenvalue weighted by Gasteiger charge is 2.21. The molecule has 8 heteroatoms. The molecule has 0 bridgehead atoms. The van der Waals surface area contributed by atoms with Crippen LogP contribution in [0.25, 0.3) is 6.08 Å². The number of amides is 3. The van der Waals surface area contributed by atoms with Crippen molar-refractivity contribution in [3.63, 3.8) is 0 Å². The Labute approximate surface area is 162 Å². The molecule has 2 rings (SSSR count). The number of carbonyl (C=O) groups is 3. The van der Waals surface area contributed by atoms with Crippen molar-refractivity contribution < 1.29 is 14.4 Å². The van der Waals surface area contributed by atoms with Crippen LogP contribution >= 0.6 is 24.0 Å². The number of nitrogens with one attached hydrogen (secondary N) is 3. The summed E-state index contributed by atoms with van der Waals surface area (Å²) in [5, 5.41) is 8.19. The minimum absolute atomic E-state index is 0.0211. The van der Waals surface area contributed by atoms with Gasteiger partial charge in [-0.15, -0.1) is 0 Å². The highest BCUT2D eigenvalue weighted by molar-refractivity contribution is 8.26. The molecular weight excluding hydrogens is 370 g/mol. The first-order valence-electron chi connectivity index (χ1n) is 8.33. The molecule has 0 radical (unpaired) electrons. The smallest absolute Gasteiger partial charge is 0.263 e. The normalized spacial score (nSPS) is 15.0. The monoisotopic (exact) mass is 391 g/mol. The number of carbonyl (C=O) groups excluding carboxylic acids is 3. The Morgan fingerprint density at radius 3 is 2.35 bits per heavy atom. The maximum absolute atomic E-state index is 12.1. The SMILES string of the molecule is CC(=O)NCCCCCNC(=O)c1ccc(/C=C2\SC(=S)NC2=O)cc1. The molecule has 1 aromatic rings. The fourth-order valence-electron chi connectivity index (χ4n) is 2.30. The second-order valence-electron chi connectivity index (χ2n) is 5.77. The molecule has 1 fully saturated rings. The molecule has 1 aromatic carbocycles. The number of benzene rings is 1. The van der Waals surface area contributed by atoms with Crippen LogP contribution < -0.4 is 16.0 Å². The molecule has 1 aliphatic heterocycles. The van der Waals surface area contributed by atoms with E-state index in [0.29, 0.717) is 27.9 Å². The third kappa shape index (κ3) is 6.61. The van der Waals surface area contributed by atoms with Crippen molar-refractivity contribution in [1.82, 2.24) is 16.0 Å². The first-order chi connectivity index (χ1) is 12.5. The van der Waals surface area contributed by atoms with Crippen LogP contribution in [-0.2, 0) is 9.59 Å². The Hall–Kier alpha value is -2.19. The Morgan fingerprint density at radius 2 is 1.77 bits per heavy atom. The van der Waals surface area contributed by atoms with Crippen LogP contribution in [0.2, 0.25) is 0 Å². The summed E-state index contributed by atoms with van der Waals surface area (Å²) < 4.78 is 0.453. The standard InChI is InChI=1S/C18H21N3O3S2/c1-12(22)19-9-3-2-4-10-20-16(23)14-7-5-13(6-8-14)11-15-17(24)21-18(25)26-15/h5-8,11H,2-4,9-10H2,1H3,(H,19,22)(H,20,23)(H,21,24,25)/b15-11-. The number of unbranched alkanes of at least 4 members (excludes halogenated alkanes) is 2. The van der Waals surface area contributed by atoms with Crippen LogP contribution in [0.15, 0.2) is 29.2 Å². The molecular formula is C18H21N3O3S2. The average Bonchev–Trinajstić information content (AvgIpc) is 2.91. The number of hydrogen-bond acceptors (Lipinski definition) is 5. The first kappa shape index (κ1) is 20.1. The van der Waals surface area contributed by atoms with Crippen molar-refractivity contribution in [2.45, 2.75) is 26.2 Å². The zero-order valence-corrected chi connectivity index (χ0v) is 16.1. The van der Waals surface area contributed by atoms with Gasteiger partial charge in [0.2, 0.25) is 5.91 Å². The topological polar surface area (TPSA) is 87.3 Å². The van der Waals surface area contributed by atoms with Crippen molar-refractivity contribution >= 4 is 52.1 Å². The van der Waals surface area contributed by atoms with E-state index in [-0.39, 0.29) is 17.7 Å². The van der Waals surface area contributed by atoms with Crippen LogP contribution in [-0.4, -0.2) is 35.1 Å². The van der Waals surface area contributed by atoms with E-state index in [9.17, 15) is 14.4 Å². The van der Waals surface area contributed by atoms with E-state index in [1.807, 2.05) is 0 Å². The molecule has 0 aromatic heterocycles. The molecule has 0 spiro atoms. The second-order valence-corrected chi connectivity index (χ2v) is 7.49. The van der Waals surface area contributed by atoms with E-state index in [4.69, 9.17) is 12.2 Å². The summed E-state index contributed by atoms with van der Waals surface area (Å²) in [6.07, 6.45) is 4.44. The van der Waals surface area contributed by atoms with Crippen molar-refractivity contribution in [1.29, 1.82) is 0 Å². The molecule has 3 N–H and O–H groups in total. The fourth-order valence-corrected chi connectivity index (χ4v) is 3.34. The number of thioether (sulfide) groups is 1. The summed E-state index contributed by atoms with van der Waals surface area (Å²) in [7, 11) is 0. The molecule has 1 heterocycles. The van der Waals surface area contributed by atoms with E-state index in [1.165, 1.54) is 18.7 Å². The number of thiocarbonyl (C=S) groups is 1. The van der Waals surface area contributed by atoms with Crippen LogP contribution in [0, 0.1) is 0 Å². The third-order valence-corrected chi connectivity index (χ3v) is 4.79. The molecule has 0 atom stereocenters. The molecule has 138 valence electrons. The summed E-state index contributed by atoms with van der Waals surface area (Å²) in [5.41, 5.74) is 1.41. The van der Waals surface area contributed by atoms with E-state index in [1.54, 1.807) is 30.3 Å². The molecule has 0 unspecified atom stereocenters. The molecule has 0 aliphatic carbocycles. The van der Waals surface area contributed by atoms with E-state index in [2.05, 4.69) is 16.0 Å². The molecule has 26 heavy (non-hydrogen) atoms. The van der Waals surface area contributed by atoms with Crippen LogP contribution in [0.1, 0.15) is 42.1 Å². The Balaban J connectivity index is 1.75. The van der Waals surface area contributed by atoms with Gasteiger partial charge in [-0.05, 0) is 43.0 Å². The van der Waals surface area contributed by atoms with Crippen LogP contribution in [0.3, 0.4) is 0 Å². The average molecular weight is 392 g/mol. The van der Waals surface area contributed by atoms with Crippen molar-refractivity contribution in [2.75, 3.05) is 13.1 Å². The molecule has 1 aliphatic rings. The van der Waals surface area contributed by atoms with Crippen LogP contribution in [0.4, 0.5) is 0 Å². The highest BCUT2D eigenvalue weighted by Crippen LogP contribution is 2.25. The van der Waals surface area contributed by atoms with E-state index < -0.39 is 0 Å². The fraction of sp³-hybridized carbons (Fsp3) is 0.333. The summed E-state index contributed by atoms with van der Waals surface area (Å²) in [6, 6.07) is 7.05. The van der Waals surface area contributed by atoms with Gasteiger partial charge in [-0.2, -0.15) is 0 Å². The van der Waals surface area contributed by atoms with Crippen molar-refractivity contribution in [3.05, 3.63) is 40.3 Å². The second kappa shape index (κ2) is 10.1. The number of rotatable bonds is 8. The van der Waals surface area contributed by atoms with Crippen LogP contribution in [0.5, 0.6) is 0 Å². The van der Waals surface area contributed by atoms with Gasteiger partial charge < -0.3 is 16.0 Å². The summed E-state index contributed by atoms with van der Waals surface area (Å²) >= 11 is 6.18. The highest BCUT2D eigenvalue weighted by atomic mass is 32.2. The van der Waals surface area contributed by atoms with Gasteiger partial charge in [0.15, 0.2) is 0 Å². The van der Waals surface area contributed by atoms with Gasteiger partial charge in [-0.3, -0.25) is 14.4 Å². The third-order valence-electron chi connectivity index (χ3n) is 3.63. The minimum atomic E-state index is -0.194. The lowest BCUT2D eigenvalue weighted by molar-refractivity contribution is -0.119. The van der Waals surface area contributed by atoms with Gasteiger partial charge in [-0.25, -0.2) is 0 Å². The first-order valence-corrected chi connectivity index (χ1v) is 9.56. The van der Waals surface area contributed by atoms with Crippen molar-refractivity contribution in [2.24, 2.45) is 0 Å². The van der Waals surface area contributed by atoms with Gasteiger partial charge in [0.05, 0.1) is 4.91 Å². The zero-order valence-electron chi connectivity index (χ0n) is 14.5. The van der Waals surface area contributed by atoms with Crippen molar-refractivity contribution in [3.8, 4) is 0 Å². The molecule has 3 amide bonds. The van der Waals surface area contributed by atoms with E-state index >= 15 is 0 Å². The summed E-state index contributed by atoms with van der Waals surface area (Å²) in [5.74, 6) is -0.340. The molecule has 1 saturated heterocycles. The van der Waals surface area contributed by atoms with E-state index in [0.717, 1.165) is 24.8 Å². The van der Waals surface area contributed by atoms with Gasteiger partial charge in [0, 0.05) is 25.6 Å². The maximum Gasteiger partial charge on any atom is 0.263 e. The summed E-state index contributed by atoms with van der Waals surface area (Å²) in [6.45, 7) is 2.76. The largest absolute Gasteiger partial charge is 0.356 e. The number of hydrogen-bond donors (Lipinski definition) is 3. The maximum atomic E-state index is 12.1. The van der Waals surface area contributed by atoms with Gasteiger partial charge in [0.25, 0.3) is 11.8 Å². The lowest BCUT2D eigenvalue weighted by Gasteiger charge is -2.06. The Morgan fingerprint density at radius 1 is 1.12 bits per heavy atom. The lowest BCUT2D eigenvalue weighted by Crippen LogP contribution is -2.25. The summed E-state index contributed by atoms with van der Waals surface area (Å²) in [4.78, 5) is 35.0. The Kier molecular flexibility index (Phi) is 7.80. The van der Waals surface area contributed by atoms with Gasteiger partial charge >= 0.3 is 0 Å². The Bertz CT molecular complexity index is 730. The molecule has 0 saturated carbocycles. The minimum Gasteiger partial charge on any atom is -0.356 e.